The van der Waals surface area contributed by atoms with Gasteiger partial charge in [-0.2, -0.15) is 16.8 Å². The Balaban J connectivity index is 0.000000224. The molecule has 0 bridgehead atoms. The number of hydrogen-bond donors (Lipinski definition) is 2. The third-order valence-electron chi connectivity index (χ3n) is 2.33. The van der Waals surface area contributed by atoms with E-state index in [2.05, 4.69) is 9.97 Å². The molecule has 0 radical (unpaired) electrons. The summed E-state index contributed by atoms with van der Waals surface area (Å²) in [7, 11) is -7.91. The van der Waals surface area contributed by atoms with Crippen LogP contribution < -0.4 is 0 Å². The van der Waals surface area contributed by atoms with Gasteiger partial charge >= 0.3 is 0 Å². The Kier molecular flexibility index (Phi) is 6.56. The summed E-state index contributed by atoms with van der Waals surface area (Å²) in [5.41, 5.74) is 0.850. The lowest BCUT2D eigenvalue weighted by molar-refractivity contribution is 0.480. The molecule has 0 aromatic carbocycles. The first-order chi connectivity index (χ1) is 10.2. The van der Waals surface area contributed by atoms with Crippen molar-refractivity contribution in [3.63, 3.8) is 0 Å². The minimum Gasteiger partial charge on any atom is -0.286 e. The van der Waals surface area contributed by atoms with Crippen LogP contribution in [0.1, 0.15) is 5.56 Å². The van der Waals surface area contributed by atoms with Crippen molar-refractivity contribution in [3.05, 3.63) is 54.6 Å². The van der Waals surface area contributed by atoms with E-state index in [0.717, 1.165) is 11.8 Å². The molecule has 0 fully saturated rings. The van der Waals surface area contributed by atoms with Gasteiger partial charge in [0.1, 0.15) is 4.90 Å². The van der Waals surface area contributed by atoms with E-state index in [0.29, 0.717) is 6.42 Å². The van der Waals surface area contributed by atoms with Crippen LogP contribution in [-0.4, -0.2) is 41.7 Å². The van der Waals surface area contributed by atoms with Crippen LogP contribution in [-0.2, 0) is 26.7 Å². The summed E-state index contributed by atoms with van der Waals surface area (Å²) in [6, 6.07) is 6.13. The minimum atomic E-state index is -4.07. The third kappa shape index (κ3) is 7.78. The SMILES string of the molecule is O=S(=O)(O)CCc1ccncc1.O=S(=O)(O)c1cccnc1. The highest BCUT2D eigenvalue weighted by atomic mass is 32.2. The van der Waals surface area contributed by atoms with Crippen LogP contribution in [0.25, 0.3) is 0 Å². The van der Waals surface area contributed by atoms with Crippen molar-refractivity contribution >= 4 is 20.2 Å². The first-order valence-electron chi connectivity index (χ1n) is 5.90. The monoisotopic (exact) mass is 346 g/mol. The lowest BCUT2D eigenvalue weighted by atomic mass is 10.2. The van der Waals surface area contributed by atoms with E-state index in [4.69, 9.17) is 9.11 Å². The van der Waals surface area contributed by atoms with Gasteiger partial charge in [0.25, 0.3) is 20.2 Å². The van der Waals surface area contributed by atoms with E-state index >= 15 is 0 Å². The second kappa shape index (κ2) is 7.94. The molecule has 2 aromatic rings. The summed E-state index contributed by atoms with van der Waals surface area (Å²) in [6.07, 6.45) is 5.99. The summed E-state index contributed by atoms with van der Waals surface area (Å²) in [5.74, 6) is -0.239. The van der Waals surface area contributed by atoms with Crippen LogP contribution in [0.5, 0.6) is 0 Å². The van der Waals surface area contributed by atoms with Crippen molar-refractivity contribution < 1.29 is 25.9 Å². The van der Waals surface area contributed by atoms with Crippen molar-refractivity contribution in [3.8, 4) is 0 Å². The molecule has 0 atom stereocenters. The van der Waals surface area contributed by atoms with Gasteiger partial charge in [0.15, 0.2) is 0 Å². The highest BCUT2D eigenvalue weighted by molar-refractivity contribution is 7.86. The zero-order valence-corrected chi connectivity index (χ0v) is 12.9. The lowest BCUT2D eigenvalue weighted by Gasteiger charge is -1.96. The van der Waals surface area contributed by atoms with Gasteiger partial charge in [-0.3, -0.25) is 19.1 Å². The van der Waals surface area contributed by atoms with Crippen LogP contribution >= 0.6 is 0 Å². The third-order valence-corrected chi connectivity index (χ3v) is 3.89. The predicted molar refractivity (Wildman–Crippen MR) is 78.4 cm³/mol. The highest BCUT2D eigenvalue weighted by Gasteiger charge is 2.06. The molecular formula is C12H14N2O6S2. The number of pyridine rings is 2. The van der Waals surface area contributed by atoms with Gasteiger partial charge in [-0.15, -0.1) is 0 Å². The van der Waals surface area contributed by atoms with Gasteiger partial charge in [0.2, 0.25) is 0 Å². The van der Waals surface area contributed by atoms with E-state index in [9.17, 15) is 16.8 Å². The molecule has 0 spiro atoms. The standard InChI is InChI=1S/C7H9NO3S.C5H5NO3S/c9-12(10,11)6-3-7-1-4-8-5-2-7;7-10(8,9)5-2-1-3-6-4-5/h1-2,4-5H,3,6H2,(H,9,10,11);1-4H,(H,7,8,9). The molecule has 0 unspecified atom stereocenters. The summed E-state index contributed by atoms with van der Waals surface area (Å²) in [4.78, 5) is 7.10. The molecule has 8 nitrogen and oxygen atoms in total. The molecule has 2 heterocycles. The summed E-state index contributed by atoms with van der Waals surface area (Å²) >= 11 is 0. The minimum absolute atomic E-state index is 0.185. The van der Waals surface area contributed by atoms with Crippen molar-refractivity contribution in [2.24, 2.45) is 0 Å². The average molecular weight is 346 g/mol. The number of aryl methyl sites for hydroxylation is 1. The highest BCUT2D eigenvalue weighted by Crippen LogP contribution is 2.03. The van der Waals surface area contributed by atoms with Gasteiger partial charge in [0, 0.05) is 24.8 Å². The van der Waals surface area contributed by atoms with E-state index < -0.39 is 20.2 Å². The molecule has 2 N–H and O–H groups in total. The molecule has 0 amide bonds. The van der Waals surface area contributed by atoms with Gasteiger partial charge < -0.3 is 0 Å². The quantitative estimate of drug-likeness (QED) is 0.778. The Hall–Kier alpha value is -1.88. The number of aromatic nitrogens is 2. The molecule has 0 aliphatic rings. The lowest BCUT2D eigenvalue weighted by Crippen LogP contribution is -2.06. The Morgan fingerprint density at radius 2 is 1.55 bits per heavy atom. The second-order valence-electron chi connectivity index (χ2n) is 4.06. The zero-order chi connectivity index (χ0) is 16.6. The van der Waals surface area contributed by atoms with Crippen molar-refractivity contribution in [1.29, 1.82) is 0 Å². The average Bonchev–Trinajstić information content (AvgIpc) is 2.46. The number of rotatable bonds is 4. The molecule has 22 heavy (non-hydrogen) atoms. The van der Waals surface area contributed by atoms with E-state index in [1.807, 2.05) is 0 Å². The van der Waals surface area contributed by atoms with Gasteiger partial charge in [-0.1, -0.05) is 0 Å². The maximum Gasteiger partial charge on any atom is 0.296 e. The predicted octanol–water partition coefficient (Wildman–Crippen LogP) is 0.840. The Morgan fingerprint density at radius 3 is 1.95 bits per heavy atom. The Bertz CT molecular complexity index is 777. The molecule has 0 aliphatic carbocycles. The first-order valence-corrected chi connectivity index (χ1v) is 8.95. The normalized spacial score (nSPS) is 11.4. The van der Waals surface area contributed by atoms with Gasteiger partial charge in [-0.05, 0) is 36.2 Å². The first kappa shape index (κ1) is 18.2. The second-order valence-corrected chi connectivity index (χ2v) is 7.05. The van der Waals surface area contributed by atoms with E-state index in [-0.39, 0.29) is 10.6 Å². The maximum atomic E-state index is 10.3. The van der Waals surface area contributed by atoms with Crippen LogP contribution in [0.3, 0.4) is 0 Å². The molecule has 0 aliphatic heterocycles. The van der Waals surface area contributed by atoms with Gasteiger partial charge in [-0.25, -0.2) is 0 Å². The van der Waals surface area contributed by atoms with Crippen LogP contribution in [0.15, 0.2) is 53.9 Å². The molecule has 10 heteroatoms. The van der Waals surface area contributed by atoms with Crippen LogP contribution in [0.2, 0.25) is 0 Å². The largest absolute Gasteiger partial charge is 0.296 e. The Morgan fingerprint density at radius 1 is 0.909 bits per heavy atom. The maximum absolute atomic E-state index is 10.3. The van der Waals surface area contributed by atoms with E-state index in [1.54, 1.807) is 24.5 Å². The van der Waals surface area contributed by atoms with Crippen molar-refractivity contribution in [2.45, 2.75) is 11.3 Å². The fourth-order valence-corrected chi connectivity index (χ4v) is 2.23. The van der Waals surface area contributed by atoms with Gasteiger partial charge in [0.05, 0.1) is 5.75 Å². The fraction of sp³-hybridized carbons (Fsp3) is 0.167. The molecule has 0 saturated heterocycles. The number of hydrogen-bond acceptors (Lipinski definition) is 6. The summed E-state index contributed by atoms with van der Waals surface area (Å²) in [5, 5.41) is 0. The summed E-state index contributed by atoms with van der Waals surface area (Å²) in [6.45, 7) is 0. The zero-order valence-electron chi connectivity index (χ0n) is 11.3. The molecule has 0 saturated carbocycles. The van der Waals surface area contributed by atoms with Crippen molar-refractivity contribution in [1.82, 2.24) is 9.97 Å². The Labute approximate surface area is 128 Å². The smallest absolute Gasteiger partial charge is 0.286 e. The summed E-state index contributed by atoms with van der Waals surface area (Å²) < 4.78 is 58.2. The molecule has 2 rings (SSSR count). The molecular weight excluding hydrogens is 332 g/mol. The van der Waals surface area contributed by atoms with Crippen LogP contribution in [0.4, 0.5) is 0 Å². The molecule has 2 aromatic heterocycles. The van der Waals surface area contributed by atoms with E-state index in [1.165, 1.54) is 18.3 Å². The fourth-order valence-electron chi connectivity index (χ4n) is 1.30. The topological polar surface area (TPSA) is 135 Å². The van der Waals surface area contributed by atoms with Crippen LogP contribution in [0, 0.1) is 0 Å². The molecule has 120 valence electrons. The number of nitrogens with zero attached hydrogens (tertiary/aromatic N) is 2. The van der Waals surface area contributed by atoms with Crippen molar-refractivity contribution in [2.75, 3.05) is 5.75 Å².